The first kappa shape index (κ1) is 24.2. The second-order valence-electron chi connectivity index (χ2n) is 8.77. The van der Waals surface area contributed by atoms with E-state index < -0.39 is 27.9 Å². The van der Waals surface area contributed by atoms with Gasteiger partial charge in [0, 0.05) is 11.6 Å². The maximum atomic E-state index is 14.0. The highest BCUT2D eigenvalue weighted by Gasteiger charge is 2.47. The summed E-state index contributed by atoms with van der Waals surface area (Å²) in [5.74, 6) is -1.04. The van der Waals surface area contributed by atoms with Crippen molar-refractivity contribution in [2.45, 2.75) is 30.8 Å². The smallest absolute Gasteiger partial charge is 0.252 e. The van der Waals surface area contributed by atoms with E-state index in [0.29, 0.717) is 16.3 Å². The first-order chi connectivity index (χ1) is 17.3. The number of rotatable bonds is 6. The van der Waals surface area contributed by atoms with E-state index in [4.69, 9.17) is 11.6 Å². The van der Waals surface area contributed by atoms with Crippen molar-refractivity contribution >= 4 is 49.9 Å². The van der Waals surface area contributed by atoms with Crippen molar-refractivity contribution in [2.24, 2.45) is 0 Å². The summed E-state index contributed by atoms with van der Waals surface area (Å²) in [6.45, 7) is 1.75. The average molecular weight is 519 g/mol. The van der Waals surface area contributed by atoms with Crippen LogP contribution in [0.3, 0.4) is 0 Å². The summed E-state index contributed by atoms with van der Waals surface area (Å²) >= 11 is 6.37. The van der Waals surface area contributed by atoms with E-state index in [1.807, 2.05) is 31.2 Å². The number of hydrogen-bond donors (Lipinski definition) is 0. The molecule has 0 spiro atoms. The quantitative estimate of drug-likeness (QED) is 0.324. The molecule has 1 aliphatic rings. The SMILES string of the molecule is Cc1ccc(N2C(=O)CC(N(Cc3ccccc3Cl)S(=O)(=O)c3ccc4ccccc4c3)C2=O)cc1. The Morgan fingerprint density at radius 2 is 1.56 bits per heavy atom. The Morgan fingerprint density at radius 3 is 2.28 bits per heavy atom. The fourth-order valence-corrected chi connectivity index (χ4v) is 6.22. The number of carbonyl (C=O) groups is 2. The molecule has 1 unspecified atom stereocenters. The number of nitrogens with zero attached hydrogens (tertiary/aromatic N) is 2. The highest BCUT2D eigenvalue weighted by Crippen LogP contribution is 2.32. The molecule has 0 aromatic heterocycles. The number of hydrogen-bond acceptors (Lipinski definition) is 4. The highest BCUT2D eigenvalue weighted by atomic mass is 35.5. The Bertz CT molecular complexity index is 1580. The van der Waals surface area contributed by atoms with E-state index in [1.54, 1.807) is 60.7 Å². The molecule has 0 N–H and O–H groups in total. The molecule has 182 valence electrons. The summed E-state index contributed by atoms with van der Waals surface area (Å²) in [6.07, 6.45) is -0.260. The predicted octanol–water partition coefficient (Wildman–Crippen LogP) is 5.32. The van der Waals surface area contributed by atoms with Gasteiger partial charge < -0.3 is 0 Å². The van der Waals surface area contributed by atoms with Crippen LogP contribution in [0.2, 0.25) is 5.02 Å². The Kier molecular flexibility index (Phi) is 6.38. The van der Waals surface area contributed by atoms with Gasteiger partial charge >= 0.3 is 0 Å². The third kappa shape index (κ3) is 4.41. The first-order valence-electron chi connectivity index (χ1n) is 11.4. The van der Waals surface area contributed by atoms with E-state index in [9.17, 15) is 18.0 Å². The number of halogens is 1. The summed E-state index contributed by atoms with van der Waals surface area (Å²) in [7, 11) is -4.18. The van der Waals surface area contributed by atoms with Crippen molar-refractivity contribution < 1.29 is 18.0 Å². The molecule has 6 nitrogen and oxygen atoms in total. The summed E-state index contributed by atoms with van der Waals surface area (Å²) in [5.41, 5.74) is 1.94. The average Bonchev–Trinajstić information content (AvgIpc) is 3.16. The fraction of sp³-hybridized carbons (Fsp3) is 0.143. The van der Waals surface area contributed by atoms with Crippen LogP contribution in [0.1, 0.15) is 17.5 Å². The van der Waals surface area contributed by atoms with Crippen LogP contribution in [0.5, 0.6) is 0 Å². The van der Waals surface area contributed by atoms with Crippen LogP contribution in [0.15, 0.2) is 95.9 Å². The van der Waals surface area contributed by atoms with E-state index in [1.165, 1.54) is 6.07 Å². The van der Waals surface area contributed by atoms with Crippen LogP contribution >= 0.6 is 11.6 Å². The molecule has 5 rings (SSSR count). The Balaban J connectivity index is 1.59. The Morgan fingerprint density at radius 1 is 0.889 bits per heavy atom. The third-order valence-electron chi connectivity index (χ3n) is 6.37. The van der Waals surface area contributed by atoms with Crippen molar-refractivity contribution in [3.8, 4) is 0 Å². The van der Waals surface area contributed by atoms with Gasteiger partial charge in [-0.1, -0.05) is 77.8 Å². The number of carbonyl (C=O) groups excluding carboxylic acids is 2. The summed E-state index contributed by atoms with van der Waals surface area (Å²) in [4.78, 5) is 27.7. The van der Waals surface area contributed by atoms with Gasteiger partial charge in [0.2, 0.25) is 15.9 Å². The molecule has 36 heavy (non-hydrogen) atoms. The topological polar surface area (TPSA) is 74.8 Å². The van der Waals surface area contributed by atoms with Gasteiger partial charge in [-0.3, -0.25) is 9.59 Å². The summed E-state index contributed by atoms with van der Waals surface area (Å²) in [5, 5.41) is 2.03. The lowest BCUT2D eigenvalue weighted by Gasteiger charge is -2.27. The summed E-state index contributed by atoms with van der Waals surface area (Å²) in [6, 6.07) is 24.9. The molecule has 1 atom stereocenters. The van der Waals surface area contributed by atoms with Gasteiger partial charge in [0.25, 0.3) is 5.91 Å². The number of anilines is 1. The fourth-order valence-electron chi connectivity index (χ4n) is 4.43. The monoisotopic (exact) mass is 518 g/mol. The normalized spacial score (nSPS) is 16.3. The standard InChI is InChI=1S/C28H23ClN2O4S/c1-19-10-13-23(14-11-19)31-27(32)17-26(28(31)33)30(18-22-8-4-5-9-25(22)29)36(34,35)24-15-12-20-6-2-3-7-21(20)16-24/h2-16,26H,17-18H2,1H3. The Hall–Kier alpha value is -3.52. The van der Waals surface area contributed by atoms with Crippen molar-refractivity contribution in [2.75, 3.05) is 4.90 Å². The number of amides is 2. The lowest BCUT2D eigenvalue weighted by atomic mass is 10.1. The third-order valence-corrected chi connectivity index (χ3v) is 8.59. The second kappa shape index (κ2) is 9.50. The number of fused-ring (bicyclic) bond motifs is 1. The van der Waals surface area contributed by atoms with Gasteiger partial charge in [-0.05, 0) is 53.6 Å². The molecule has 8 heteroatoms. The molecule has 4 aromatic carbocycles. The van der Waals surface area contributed by atoms with E-state index in [0.717, 1.165) is 25.5 Å². The molecule has 1 saturated heterocycles. The zero-order valence-electron chi connectivity index (χ0n) is 19.5. The van der Waals surface area contributed by atoms with Gasteiger partial charge in [-0.15, -0.1) is 0 Å². The van der Waals surface area contributed by atoms with Gasteiger partial charge in [-0.2, -0.15) is 4.31 Å². The molecular weight excluding hydrogens is 496 g/mol. The van der Waals surface area contributed by atoms with Gasteiger partial charge in [0.15, 0.2) is 0 Å². The molecule has 4 aromatic rings. The maximum absolute atomic E-state index is 14.0. The molecule has 0 saturated carbocycles. The molecule has 1 fully saturated rings. The minimum absolute atomic E-state index is 0.0438. The largest absolute Gasteiger partial charge is 0.274 e. The molecule has 0 radical (unpaired) electrons. The molecule has 0 bridgehead atoms. The molecule has 1 heterocycles. The summed E-state index contributed by atoms with van der Waals surface area (Å²) < 4.78 is 29.1. The van der Waals surface area contributed by atoms with Crippen molar-refractivity contribution in [3.05, 3.63) is 107 Å². The van der Waals surface area contributed by atoms with Crippen molar-refractivity contribution in [1.82, 2.24) is 4.31 Å². The van der Waals surface area contributed by atoms with Crippen LogP contribution in [-0.4, -0.2) is 30.6 Å². The number of sulfonamides is 1. The number of aryl methyl sites for hydroxylation is 1. The molecule has 0 aliphatic carbocycles. The van der Waals surface area contributed by atoms with Crippen LogP contribution in [-0.2, 0) is 26.2 Å². The zero-order valence-corrected chi connectivity index (χ0v) is 21.0. The second-order valence-corrected chi connectivity index (χ2v) is 11.1. The molecular formula is C28H23ClN2O4S. The lowest BCUT2D eigenvalue weighted by Crippen LogP contribution is -2.45. The van der Waals surface area contributed by atoms with Crippen LogP contribution < -0.4 is 4.90 Å². The zero-order chi connectivity index (χ0) is 25.4. The molecule has 1 aliphatic heterocycles. The van der Waals surface area contributed by atoms with Gasteiger partial charge in [-0.25, -0.2) is 13.3 Å². The first-order valence-corrected chi connectivity index (χ1v) is 13.2. The lowest BCUT2D eigenvalue weighted by molar-refractivity contribution is -0.122. The highest BCUT2D eigenvalue weighted by molar-refractivity contribution is 7.89. The minimum Gasteiger partial charge on any atom is -0.274 e. The van der Waals surface area contributed by atoms with Crippen LogP contribution in [0, 0.1) is 6.92 Å². The van der Waals surface area contributed by atoms with Crippen molar-refractivity contribution in [1.29, 1.82) is 0 Å². The maximum Gasteiger partial charge on any atom is 0.252 e. The van der Waals surface area contributed by atoms with Gasteiger partial charge in [0.05, 0.1) is 17.0 Å². The number of imide groups is 1. The van der Waals surface area contributed by atoms with Crippen LogP contribution in [0.25, 0.3) is 10.8 Å². The molecule has 2 amide bonds. The minimum atomic E-state index is -4.18. The van der Waals surface area contributed by atoms with Crippen LogP contribution in [0.4, 0.5) is 5.69 Å². The van der Waals surface area contributed by atoms with E-state index in [-0.39, 0.29) is 17.9 Å². The van der Waals surface area contributed by atoms with E-state index >= 15 is 0 Å². The predicted molar refractivity (Wildman–Crippen MR) is 140 cm³/mol. The number of benzene rings is 4. The van der Waals surface area contributed by atoms with E-state index in [2.05, 4.69) is 0 Å². The Labute approximate surface area is 214 Å². The van der Waals surface area contributed by atoms with Crippen molar-refractivity contribution in [3.63, 3.8) is 0 Å². The van der Waals surface area contributed by atoms with Gasteiger partial charge in [0.1, 0.15) is 6.04 Å².